The van der Waals surface area contributed by atoms with E-state index in [0.29, 0.717) is 40.4 Å². The molecule has 122 valence electrons. The van der Waals surface area contributed by atoms with Gasteiger partial charge in [-0.05, 0) is 60.1 Å². The van der Waals surface area contributed by atoms with Gasteiger partial charge in [-0.3, -0.25) is 4.79 Å². The van der Waals surface area contributed by atoms with Crippen LogP contribution in [0.5, 0.6) is 11.5 Å². The summed E-state index contributed by atoms with van der Waals surface area (Å²) < 4.78 is 24.9. The number of ether oxygens (including phenoxy) is 2. The number of anilines is 1. The molecule has 23 heavy (non-hydrogen) atoms. The first-order valence-corrected chi connectivity index (χ1v) is 8.00. The Labute approximate surface area is 142 Å². The second-order valence-electron chi connectivity index (χ2n) is 4.62. The van der Waals surface area contributed by atoms with Gasteiger partial charge in [0, 0.05) is 11.3 Å². The molecule has 0 aliphatic rings. The average molecular weight is 382 g/mol. The summed E-state index contributed by atoms with van der Waals surface area (Å²) in [6.07, 6.45) is 0. The molecule has 6 heteroatoms. The first-order chi connectivity index (χ1) is 11.0. The van der Waals surface area contributed by atoms with E-state index in [1.807, 2.05) is 13.8 Å². The van der Waals surface area contributed by atoms with Crippen LogP contribution in [0, 0.1) is 5.82 Å². The Hall–Kier alpha value is -2.08. The summed E-state index contributed by atoms with van der Waals surface area (Å²) in [5.74, 6) is 0.260. The van der Waals surface area contributed by atoms with E-state index in [4.69, 9.17) is 9.47 Å². The summed E-state index contributed by atoms with van der Waals surface area (Å²) in [6.45, 7) is 4.64. The topological polar surface area (TPSA) is 47.6 Å². The molecule has 0 radical (unpaired) electrons. The smallest absolute Gasteiger partial charge is 0.255 e. The minimum Gasteiger partial charge on any atom is -0.490 e. The minimum absolute atomic E-state index is 0.361. The second kappa shape index (κ2) is 7.97. The molecule has 0 atom stereocenters. The molecule has 0 fully saturated rings. The fourth-order valence-corrected chi connectivity index (χ4v) is 2.57. The molecular weight excluding hydrogens is 365 g/mol. The summed E-state index contributed by atoms with van der Waals surface area (Å²) in [5, 5.41) is 2.65. The Morgan fingerprint density at radius 1 is 1.17 bits per heavy atom. The maximum absolute atomic E-state index is 13.2. The van der Waals surface area contributed by atoms with Gasteiger partial charge < -0.3 is 14.8 Å². The van der Waals surface area contributed by atoms with Gasteiger partial charge in [-0.2, -0.15) is 0 Å². The molecule has 0 saturated carbocycles. The van der Waals surface area contributed by atoms with Gasteiger partial charge >= 0.3 is 0 Å². The van der Waals surface area contributed by atoms with Gasteiger partial charge in [0.2, 0.25) is 0 Å². The van der Waals surface area contributed by atoms with Crippen molar-refractivity contribution in [1.82, 2.24) is 0 Å². The Morgan fingerprint density at radius 2 is 1.91 bits per heavy atom. The van der Waals surface area contributed by atoms with Gasteiger partial charge in [-0.15, -0.1) is 0 Å². The van der Waals surface area contributed by atoms with Gasteiger partial charge in [-0.25, -0.2) is 4.39 Å². The molecule has 2 aromatic rings. The third-order valence-corrected chi connectivity index (χ3v) is 3.53. The monoisotopic (exact) mass is 381 g/mol. The summed E-state index contributed by atoms with van der Waals surface area (Å²) in [5.41, 5.74) is 0.769. The van der Waals surface area contributed by atoms with E-state index in [-0.39, 0.29) is 5.91 Å². The lowest BCUT2D eigenvalue weighted by molar-refractivity contribution is 0.102. The lowest BCUT2D eigenvalue weighted by Crippen LogP contribution is -2.13. The first-order valence-electron chi connectivity index (χ1n) is 7.21. The Morgan fingerprint density at radius 3 is 2.57 bits per heavy atom. The van der Waals surface area contributed by atoms with Gasteiger partial charge in [0.25, 0.3) is 5.91 Å². The standard InChI is InChI=1S/C17H17BrFNO3/c1-3-22-15-9-11(8-14(18)16(15)23-4-2)17(21)20-13-7-5-6-12(19)10-13/h5-10H,3-4H2,1-2H3,(H,20,21). The number of amides is 1. The van der Waals surface area contributed by atoms with Crippen molar-refractivity contribution in [2.45, 2.75) is 13.8 Å². The molecule has 1 amide bonds. The quantitative estimate of drug-likeness (QED) is 0.792. The van der Waals surface area contributed by atoms with Gasteiger partial charge in [0.1, 0.15) is 5.82 Å². The molecule has 0 aliphatic heterocycles. The van der Waals surface area contributed by atoms with Crippen molar-refractivity contribution in [3.8, 4) is 11.5 Å². The normalized spacial score (nSPS) is 10.3. The van der Waals surface area contributed by atoms with Gasteiger partial charge in [0.15, 0.2) is 11.5 Å². The van der Waals surface area contributed by atoms with E-state index in [1.165, 1.54) is 18.2 Å². The van der Waals surface area contributed by atoms with E-state index >= 15 is 0 Å². The highest BCUT2D eigenvalue weighted by Crippen LogP contribution is 2.37. The molecule has 1 N–H and O–H groups in total. The van der Waals surface area contributed by atoms with Crippen molar-refractivity contribution < 1.29 is 18.7 Å². The summed E-state index contributed by atoms with van der Waals surface area (Å²) in [4.78, 5) is 12.4. The zero-order valence-corrected chi connectivity index (χ0v) is 14.4. The average Bonchev–Trinajstić information content (AvgIpc) is 2.50. The SMILES string of the molecule is CCOc1cc(C(=O)Nc2cccc(F)c2)cc(Br)c1OCC. The van der Waals surface area contributed by atoms with Gasteiger partial charge in [0.05, 0.1) is 17.7 Å². The zero-order valence-electron chi connectivity index (χ0n) is 12.9. The number of rotatable bonds is 6. The highest BCUT2D eigenvalue weighted by molar-refractivity contribution is 9.10. The molecule has 2 aromatic carbocycles. The number of carbonyl (C=O) groups is 1. The predicted molar refractivity (Wildman–Crippen MR) is 90.8 cm³/mol. The number of halogens is 2. The Balaban J connectivity index is 2.29. The lowest BCUT2D eigenvalue weighted by Gasteiger charge is -2.14. The van der Waals surface area contributed by atoms with Crippen molar-refractivity contribution in [3.63, 3.8) is 0 Å². The fraction of sp³-hybridized carbons (Fsp3) is 0.235. The zero-order chi connectivity index (χ0) is 16.8. The Kier molecular flexibility index (Phi) is 5.98. The summed E-state index contributed by atoms with van der Waals surface area (Å²) in [7, 11) is 0. The van der Waals surface area contributed by atoms with Crippen LogP contribution in [-0.4, -0.2) is 19.1 Å². The largest absolute Gasteiger partial charge is 0.490 e. The van der Waals surface area contributed by atoms with Crippen LogP contribution < -0.4 is 14.8 Å². The van der Waals surface area contributed by atoms with Crippen molar-refractivity contribution in [2.24, 2.45) is 0 Å². The number of hydrogen-bond acceptors (Lipinski definition) is 3. The van der Waals surface area contributed by atoms with Crippen molar-refractivity contribution in [1.29, 1.82) is 0 Å². The van der Waals surface area contributed by atoms with E-state index in [9.17, 15) is 9.18 Å². The summed E-state index contributed by atoms with van der Waals surface area (Å²) >= 11 is 3.39. The van der Waals surface area contributed by atoms with Crippen LogP contribution in [0.2, 0.25) is 0 Å². The first kappa shape index (κ1) is 17.3. The van der Waals surface area contributed by atoms with E-state index in [2.05, 4.69) is 21.2 Å². The number of nitrogens with one attached hydrogen (secondary N) is 1. The molecule has 0 aliphatic carbocycles. The van der Waals surface area contributed by atoms with E-state index < -0.39 is 5.82 Å². The highest BCUT2D eigenvalue weighted by atomic mass is 79.9. The third-order valence-electron chi connectivity index (χ3n) is 2.94. The molecule has 2 rings (SSSR count). The molecule has 0 spiro atoms. The van der Waals surface area contributed by atoms with Crippen molar-refractivity contribution in [3.05, 3.63) is 52.3 Å². The van der Waals surface area contributed by atoms with E-state index in [1.54, 1.807) is 18.2 Å². The van der Waals surface area contributed by atoms with E-state index in [0.717, 1.165) is 0 Å². The van der Waals surface area contributed by atoms with Crippen LogP contribution in [-0.2, 0) is 0 Å². The maximum atomic E-state index is 13.2. The number of hydrogen-bond donors (Lipinski definition) is 1. The Bertz CT molecular complexity index is 706. The van der Waals surface area contributed by atoms with Crippen LogP contribution in [0.4, 0.5) is 10.1 Å². The molecule has 0 bridgehead atoms. The number of carbonyl (C=O) groups excluding carboxylic acids is 1. The van der Waals surface area contributed by atoms with Crippen LogP contribution >= 0.6 is 15.9 Å². The van der Waals surface area contributed by atoms with Gasteiger partial charge in [-0.1, -0.05) is 6.07 Å². The summed E-state index contributed by atoms with van der Waals surface area (Å²) in [6, 6.07) is 8.97. The second-order valence-corrected chi connectivity index (χ2v) is 5.47. The predicted octanol–water partition coefficient (Wildman–Crippen LogP) is 4.64. The molecule has 0 unspecified atom stereocenters. The van der Waals surface area contributed by atoms with Crippen molar-refractivity contribution in [2.75, 3.05) is 18.5 Å². The lowest BCUT2D eigenvalue weighted by atomic mass is 10.1. The van der Waals surface area contributed by atoms with Crippen LogP contribution in [0.25, 0.3) is 0 Å². The minimum atomic E-state index is -0.411. The fourth-order valence-electron chi connectivity index (χ4n) is 2.02. The number of benzene rings is 2. The van der Waals surface area contributed by atoms with Crippen LogP contribution in [0.15, 0.2) is 40.9 Å². The molecule has 0 saturated heterocycles. The van der Waals surface area contributed by atoms with Crippen LogP contribution in [0.1, 0.15) is 24.2 Å². The maximum Gasteiger partial charge on any atom is 0.255 e. The molecule has 0 aromatic heterocycles. The van der Waals surface area contributed by atoms with Crippen molar-refractivity contribution >= 4 is 27.5 Å². The van der Waals surface area contributed by atoms with Crippen LogP contribution in [0.3, 0.4) is 0 Å². The highest BCUT2D eigenvalue weighted by Gasteiger charge is 2.16. The molecular formula is C17H17BrFNO3. The third kappa shape index (κ3) is 4.45. The molecule has 0 heterocycles. The molecule has 4 nitrogen and oxygen atoms in total.